The average molecular weight is 359 g/mol. The number of hydrogen-bond donors (Lipinski definition) is 2. The molecule has 6 nitrogen and oxygen atoms in total. The van der Waals surface area contributed by atoms with Gasteiger partial charge in [0.25, 0.3) is 0 Å². The Balaban J connectivity index is 1.79. The summed E-state index contributed by atoms with van der Waals surface area (Å²) in [6.45, 7) is 4.09. The maximum absolute atomic E-state index is 12.2. The quantitative estimate of drug-likeness (QED) is 0.634. The first kappa shape index (κ1) is 18.7. The molecule has 1 unspecified atom stereocenters. The van der Waals surface area contributed by atoms with Crippen LogP contribution in [-0.2, 0) is 0 Å². The number of carboxylic acid groups (broad SMARTS) is 1. The molecule has 26 heavy (non-hydrogen) atoms. The molecule has 0 aliphatic carbocycles. The molecule has 0 aromatic heterocycles. The molecule has 3 N–H and O–H groups in total. The first-order valence-electron chi connectivity index (χ1n) is 9.67. The van der Waals surface area contributed by atoms with Crippen LogP contribution in [0.15, 0.2) is 18.2 Å². The summed E-state index contributed by atoms with van der Waals surface area (Å²) in [4.78, 5) is 27.4. The maximum Gasteiger partial charge on any atom is 0.407 e. The Kier molecular flexibility index (Phi) is 5.81. The first-order chi connectivity index (χ1) is 12.5. The number of carbonyl (C=O) groups excluding carboxylic acids is 1. The van der Waals surface area contributed by atoms with E-state index in [1.54, 1.807) is 0 Å². The summed E-state index contributed by atoms with van der Waals surface area (Å²) in [5, 5.41) is 9.17. The van der Waals surface area contributed by atoms with E-state index in [0.29, 0.717) is 36.8 Å². The van der Waals surface area contributed by atoms with Crippen molar-refractivity contribution in [3.8, 4) is 0 Å². The molecule has 2 heterocycles. The van der Waals surface area contributed by atoms with Crippen molar-refractivity contribution in [1.82, 2.24) is 9.80 Å². The van der Waals surface area contributed by atoms with Gasteiger partial charge in [0, 0.05) is 42.8 Å². The lowest BCUT2D eigenvalue weighted by atomic mass is 9.89. The van der Waals surface area contributed by atoms with Gasteiger partial charge in [-0.15, -0.1) is 0 Å². The Bertz CT molecular complexity index is 668. The molecule has 2 aliphatic rings. The third-order valence-corrected chi connectivity index (χ3v) is 5.83. The van der Waals surface area contributed by atoms with Crippen LogP contribution in [0.4, 0.5) is 10.5 Å². The molecule has 142 valence electrons. The maximum atomic E-state index is 12.2. The monoisotopic (exact) mass is 359 g/mol. The Morgan fingerprint density at radius 3 is 2.54 bits per heavy atom. The minimum absolute atomic E-state index is 0.0847. The van der Waals surface area contributed by atoms with E-state index in [4.69, 9.17) is 10.8 Å². The molecule has 1 aromatic rings. The smallest absolute Gasteiger partial charge is 0.407 e. The third-order valence-electron chi connectivity index (χ3n) is 5.83. The van der Waals surface area contributed by atoms with E-state index in [1.807, 2.05) is 19.1 Å². The first-order valence-corrected chi connectivity index (χ1v) is 9.67. The van der Waals surface area contributed by atoms with Gasteiger partial charge in [-0.2, -0.15) is 0 Å². The highest BCUT2D eigenvalue weighted by molar-refractivity contribution is 6.00. The highest BCUT2D eigenvalue weighted by atomic mass is 16.4. The van der Waals surface area contributed by atoms with E-state index in [0.717, 1.165) is 31.4 Å². The second kappa shape index (κ2) is 8.08. The largest absolute Gasteiger partial charge is 0.465 e. The topological polar surface area (TPSA) is 86.9 Å². The standard InChI is InChI=1S/C20H29N3O3/c1-2-19(24)16-13-14(6-7-17(16)21)18-5-3-4-10-23(18)15-8-11-22(12-9-15)20(25)26/h6-7,13,15,18H,2-5,8-12,21H2,1H3,(H,25,26). The predicted octanol–water partition coefficient (Wildman–Crippen LogP) is 3.53. The minimum atomic E-state index is -0.820. The third kappa shape index (κ3) is 3.85. The van der Waals surface area contributed by atoms with E-state index < -0.39 is 6.09 Å². The fourth-order valence-corrected chi connectivity index (χ4v) is 4.35. The molecule has 1 aromatic carbocycles. The van der Waals surface area contributed by atoms with E-state index in [1.165, 1.54) is 17.7 Å². The summed E-state index contributed by atoms with van der Waals surface area (Å²) < 4.78 is 0. The highest BCUT2D eigenvalue weighted by Crippen LogP contribution is 2.36. The summed E-state index contributed by atoms with van der Waals surface area (Å²) in [5.41, 5.74) is 8.37. The number of likely N-dealkylation sites (tertiary alicyclic amines) is 2. The number of benzene rings is 1. The zero-order chi connectivity index (χ0) is 18.7. The van der Waals surface area contributed by atoms with Crippen LogP contribution in [-0.4, -0.2) is 52.5 Å². The van der Waals surface area contributed by atoms with Crippen LogP contribution in [0.5, 0.6) is 0 Å². The van der Waals surface area contributed by atoms with Gasteiger partial charge in [-0.05, 0) is 49.9 Å². The minimum Gasteiger partial charge on any atom is -0.465 e. The molecule has 2 fully saturated rings. The fourth-order valence-electron chi connectivity index (χ4n) is 4.35. The van der Waals surface area contributed by atoms with Gasteiger partial charge >= 0.3 is 6.09 Å². The van der Waals surface area contributed by atoms with Crippen molar-refractivity contribution in [2.45, 2.75) is 57.5 Å². The molecule has 2 aliphatic heterocycles. The highest BCUT2D eigenvalue weighted by Gasteiger charge is 2.33. The van der Waals surface area contributed by atoms with Crippen LogP contribution in [0.25, 0.3) is 0 Å². The van der Waals surface area contributed by atoms with E-state index in [9.17, 15) is 9.59 Å². The zero-order valence-electron chi connectivity index (χ0n) is 15.5. The van der Waals surface area contributed by atoms with Gasteiger partial charge in [-0.25, -0.2) is 4.79 Å². The van der Waals surface area contributed by atoms with Crippen LogP contribution in [0, 0.1) is 0 Å². The Morgan fingerprint density at radius 1 is 1.15 bits per heavy atom. The number of amides is 1. The van der Waals surface area contributed by atoms with Crippen molar-refractivity contribution in [2.75, 3.05) is 25.4 Å². The summed E-state index contributed by atoms with van der Waals surface area (Å²) >= 11 is 0. The number of anilines is 1. The van der Waals surface area contributed by atoms with Crippen molar-refractivity contribution in [1.29, 1.82) is 0 Å². The lowest BCUT2D eigenvalue weighted by Crippen LogP contribution is -2.48. The zero-order valence-corrected chi connectivity index (χ0v) is 15.5. The lowest BCUT2D eigenvalue weighted by Gasteiger charge is -2.44. The van der Waals surface area contributed by atoms with Gasteiger partial charge in [0.1, 0.15) is 0 Å². The second-order valence-electron chi connectivity index (χ2n) is 7.37. The molecule has 3 rings (SSSR count). The number of Topliss-reactive ketones (excluding diaryl/α,β-unsaturated/α-hetero) is 1. The number of piperidine rings is 2. The van der Waals surface area contributed by atoms with Crippen molar-refractivity contribution in [3.63, 3.8) is 0 Å². The van der Waals surface area contributed by atoms with Crippen molar-refractivity contribution >= 4 is 17.6 Å². The normalized spacial score (nSPS) is 22.3. The molecule has 6 heteroatoms. The molecular weight excluding hydrogens is 330 g/mol. The molecular formula is C20H29N3O3. The van der Waals surface area contributed by atoms with Crippen LogP contribution >= 0.6 is 0 Å². The van der Waals surface area contributed by atoms with Crippen LogP contribution in [0.2, 0.25) is 0 Å². The number of rotatable bonds is 4. The van der Waals surface area contributed by atoms with Gasteiger partial charge in [-0.3, -0.25) is 9.69 Å². The van der Waals surface area contributed by atoms with E-state index in [2.05, 4.69) is 11.0 Å². The second-order valence-corrected chi connectivity index (χ2v) is 7.37. The van der Waals surface area contributed by atoms with Gasteiger partial charge in [-0.1, -0.05) is 19.4 Å². The molecule has 0 radical (unpaired) electrons. The van der Waals surface area contributed by atoms with Gasteiger partial charge in [0.2, 0.25) is 0 Å². The molecule has 0 saturated carbocycles. The number of nitrogens with zero attached hydrogens (tertiary/aromatic N) is 2. The molecule has 1 atom stereocenters. The van der Waals surface area contributed by atoms with Crippen molar-refractivity contribution in [3.05, 3.63) is 29.3 Å². The Hall–Kier alpha value is -2.08. The fraction of sp³-hybridized carbons (Fsp3) is 0.600. The summed E-state index contributed by atoms with van der Waals surface area (Å²) in [5.74, 6) is 0.0847. The number of nitrogen functional groups attached to an aromatic ring is 1. The number of nitrogens with two attached hydrogens (primary N) is 1. The van der Waals surface area contributed by atoms with E-state index in [-0.39, 0.29) is 11.8 Å². The van der Waals surface area contributed by atoms with Gasteiger partial charge in [0.15, 0.2) is 5.78 Å². The van der Waals surface area contributed by atoms with Gasteiger partial charge < -0.3 is 15.7 Å². The Morgan fingerprint density at radius 2 is 1.88 bits per heavy atom. The van der Waals surface area contributed by atoms with Gasteiger partial charge in [0.05, 0.1) is 0 Å². The number of ketones is 1. The number of hydrogen-bond acceptors (Lipinski definition) is 4. The molecule has 0 bridgehead atoms. The van der Waals surface area contributed by atoms with Crippen LogP contribution in [0.3, 0.4) is 0 Å². The van der Waals surface area contributed by atoms with Crippen molar-refractivity contribution in [2.24, 2.45) is 0 Å². The number of carbonyl (C=O) groups is 2. The molecule has 0 spiro atoms. The van der Waals surface area contributed by atoms with E-state index >= 15 is 0 Å². The average Bonchev–Trinajstić information content (AvgIpc) is 2.68. The van der Waals surface area contributed by atoms with Crippen molar-refractivity contribution < 1.29 is 14.7 Å². The summed E-state index contributed by atoms with van der Waals surface area (Å²) in [6.07, 6.45) is 4.80. The van der Waals surface area contributed by atoms with Crippen LogP contribution in [0.1, 0.15) is 67.4 Å². The molecule has 2 saturated heterocycles. The summed E-state index contributed by atoms with van der Waals surface area (Å²) in [6, 6.07) is 6.58. The SMILES string of the molecule is CCC(=O)c1cc(C2CCCCN2C2CCN(C(=O)O)CC2)ccc1N. The lowest BCUT2D eigenvalue weighted by molar-refractivity contribution is 0.0497. The Labute approximate surface area is 155 Å². The predicted molar refractivity (Wildman–Crippen MR) is 101 cm³/mol. The molecule has 1 amide bonds. The summed E-state index contributed by atoms with van der Waals surface area (Å²) in [7, 11) is 0. The van der Waals surface area contributed by atoms with Crippen LogP contribution < -0.4 is 5.73 Å².